The zero-order valence-corrected chi connectivity index (χ0v) is 17.5. The van der Waals surface area contributed by atoms with Crippen molar-refractivity contribution in [2.45, 2.75) is 58.8 Å². The second kappa shape index (κ2) is 8.22. The van der Waals surface area contributed by atoms with Crippen LogP contribution < -0.4 is 5.32 Å². The van der Waals surface area contributed by atoms with E-state index in [0.717, 1.165) is 11.0 Å². The standard InChI is InChI=1S/C20H27N2O4P/c1-11(2)27(12(3)4)19-14(6)21-13(5)17(20(23)24)18(19)15-9-7-8-10-16(15)22(25)26/h7-12,18,21H,1-6H3,(H,23,24). The molecule has 0 spiro atoms. The summed E-state index contributed by atoms with van der Waals surface area (Å²) in [6, 6.07) is 6.49. The van der Waals surface area contributed by atoms with Crippen molar-refractivity contribution in [2.75, 3.05) is 0 Å². The number of nitrogens with one attached hydrogen (secondary N) is 1. The monoisotopic (exact) mass is 390 g/mol. The number of aliphatic carboxylic acids is 1. The number of dihydropyridines is 1. The van der Waals surface area contributed by atoms with Gasteiger partial charge in [-0.25, -0.2) is 4.79 Å². The largest absolute Gasteiger partial charge is 0.478 e. The van der Waals surface area contributed by atoms with Crippen LogP contribution in [0.2, 0.25) is 0 Å². The highest BCUT2D eigenvalue weighted by atomic mass is 31.1. The van der Waals surface area contributed by atoms with Gasteiger partial charge in [-0.2, -0.15) is 0 Å². The second-order valence-corrected chi connectivity index (χ2v) is 10.7. The minimum Gasteiger partial charge on any atom is -0.478 e. The lowest BCUT2D eigenvalue weighted by Crippen LogP contribution is -2.29. The Bertz CT molecular complexity index is 819. The molecule has 0 bridgehead atoms. The zero-order valence-electron chi connectivity index (χ0n) is 16.6. The Labute approximate surface area is 161 Å². The number of allylic oxidation sites excluding steroid dienone is 3. The summed E-state index contributed by atoms with van der Waals surface area (Å²) in [5.41, 5.74) is 2.70. The fourth-order valence-corrected chi connectivity index (χ4v) is 7.28. The molecule has 1 aromatic carbocycles. The molecule has 0 aliphatic carbocycles. The third-order valence-corrected chi connectivity index (χ3v) is 8.17. The van der Waals surface area contributed by atoms with Gasteiger partial charge >= 0.3 is 5.97 Å². The molecule has 0 amide bonds. The van der Waals surface area contributed by atoms with E-state index < -0.39 is 24.7 Å². The summed E-state index contributed by atoms with van der Waals surface area (Å²) in [6.45, 7) is 12.2. The fourth-order valence-electron chi connectivity index (χ4n) is 3.96. The van der Waals surface area contributed by atoms with E-state index >= 15 is 0 Å². The summed E-state index contributed by atoms with van der Waals surface area (Å²) >= 11 is 0. The first kappa shape index (κ1) is 21.1. The van der Waals surface area contributed by atoms with Crippen LogP contribution >= 0.6 is 7.92 Å². The molecule has 1 atom stereocenters. The van der Waals surface area contributed by atoms with Crippen molar-refractivity contribution in [1.82, 2.24) is 5.32 Å². The summed E-state index contributed by atoms with van der Waals surface area (Å²) in [7, 11) is -0.704. The molecule has 1 aliphatic heterocycles. The van der Waals surface area contributed by atoms with Gasteiger partial charge in [0.2, 0.25) is 0 Å². The number of hydrogen-bond acceptors (Lipinski definition) is 4. The van der Waals surface area contributed by atoms with Crippen molar-refractivity contribution >= 4 is 19.6 Å². The molecule has 146 valence electrons. The first-order valence-corrected chi connectivity index (χ1v) is 10.5. The molecule has 0 radical (unpaired) electrons. The first-order valence-electron chi connectivity index (χ1n) is 9.01. The first-order chi connectivity index (χ1) is 12.6. The normalized spacial score (nSPS) is 17.7. The van der Waals surface area contributed by atoms with Crippen molar-refractivity contribution in [3.8, 4) is 0 Å². The Balaban J connectivity index is 2.84. The topological polar surface area (TPSA) is 92.5 Å². The Kier molecular flexibility index (Phi) is 6.42. The third-order valence-electron chi connectivity index (χ3n) is 4.79. The average Bonchev–Trinajstić information content (AvgIpc) is 2.55. The van der Waals surface area contributed by atoms with Gasteiger partial charge in [-0.15, -0.1) is 0 Å². The van der Waals surface area contributed by atoms with E-state index in [2.05, 4.69) is 33.0 Å². The summed E-state index contributed by atoms with van der Waals surface area (Å²) in [5.74, 6) is -1.67. The van der Waals surface area contributed by atoms with Gasteiger partial charge in [-0.05, 0) is 30.5 Å². The highest BCUT2D eigenvalue weighted by molar-refractivity contribution is 7.63. The van der Waals surface area contributed by atoms with Crippen LogP contribution in [-0.4, -0.2) is 27.3 Å². The number of nitrogens with zero attached hydrogens (tertiary/aromatic N) is 1. The van der Waals surface area contributed by atoms with Crippen molar-refractivity contribution in [2.24, 2.45) is 0 Å². The van der Waals surface area contributed by atoms with Crippen LogP contribution in [0, 0.1) is 10.1 Å². The minimum atomic E-state index is -1.05. The van der Waals surface area contributed by atoms with Gasteiger partial charge in [0.1, 0.15) is 0 Å². The lowest BCUT2D eigenvalue weighted by Gasteiger charge is -2.38. The van der Waals surface area contributed by atoms with Gasteiger partial charge in [0.15, 0.2) is 0 Å². The lowest BCUT2D eigenvalue weighted by atomic mass is 9.85. The average molecular weight is 390 g/mol. The van der Waals surface area contributed by atoms with E-state index in [4.69, 9.17) is 0 Å². The Hall–Kier alpha value is -2.20. The summed E-state index contributed by atoms with van der Waals surface area (Å²) < 4.78 is 0. The smallest absolute Gasteiger partial charge is 0.334 e. The van der Waals surface area contributed by atoms with Crippen LogP contribution in [0.5, 0.6) is 0 Å². The zero-order chi connectivity index (χ0) is 20.5. The van der Waals surface area contributed by atoms with Gasteiger partial charge in [0.05, 0.1) is 16.4 Å². The maximum atomic E-state index is 12.2. The number of hydrogen-bond donors (Lipinski definition) is 2. The van der Waals surface area contributed by atoms with Crippen molar-refractivity contribution < 1.29 is 14.8 Å². The van der Waals surface area contributed by atoms with Crippen LogP contribution in [0.4, 0.5) is 5.69 Å². The van der Waals surface area contributed by atoms with E-state index in [-0.39, 0.29) is 11.3 Å². The maximum absolute atomic E-state index is 12.2. The lowest BCUT2D eigenvalue weighted by molar-refractivity contribution is -0.385. The Morgan fingerprint density at radius 3 is 2.19 bits per heavy atom. The van der Waals surface area contributed by atoms with E-state index in [1.807, 2.05) is 6.92 Å². The quantitative estimate of drug-likeness (QED) is 0.397. The SMILES string of the molecule is CC1=C(C(=O)O)C(c2ccccc2[N+](=O)[O-])C(P(C(C)C)C(C)C)=C(C)N1. The molecule has 0 saturated carbocycles. The fraction of sp³-hybridized carbons (Fsp3) is 0.450. The van der Waals surface area contributed by atoms with Crippen molar-refractivity contribution in [3.63, 3.8) is 0 Å². The number of nitro groups is 1. The van der Waals surface area contributed by atoms with Crippen LogP contribution in [0.25, 0.3) is 0 Å². The molecule has 1 aliphatic rings. The number of benzene rings is 1. The number of carboxylic acid groups (broad SMARTS) is 1. The van der Waals surface area contributed by atoms with E-state index in [0.29, 0.717) is 22.6 Å². The molecule has 1 aromatic rings. The van der Waals surface area contributed by atoms with Gasteiger partial charge in [0, 0.05) is 23.0 Å². The molecule has 2 N–H and O–H groups in total. The Morgan fingerprint density at radius 1 is 1.15 bits per heavy atom. The molecule has 0 saturated heterocycles. The molecule has 2 rings (SSSR count). The summed E-state index contributed by atoms with van der Waals surface area (Å²) in [6.07, 6.45) is 0. The molecule has 0 fully saturated rings. The molecular formula is C20H27N2O4P. The third kappa shape index (κ3) is 4.06. The van der Waals surface area contributed by atoms with Crippen molar-refractivity contribution in [3.05, 3.63) is 62.2 Å². The van der Waals surface area contributed by atoms with Crippen LogP contribution in [0.1, 0.15) is 53.0 Å². The number of carbonyl (C=O) groups is 1. The highest BCUT2D eigenvalue weighted by Gasteiger charge is 2.40. The second-order valence-electron chi connectivity index (χ2n) is 7.32. The van der Waals surface area contributed by atoms with Crippen LogP contribution in [-0.2, 0) is 4.79 Å². The van der Waals surface area contributed by atoms with Gasteiger partial charge < -0.3 is 10.4 Å². The molecule has 1 heterocycles. The van der Waals surface area contributed by atoms with Crippen LogP contribution in [0.3, 0.4) is 0 Å². The van der Waals surface area contributed by atoms with E-state index in [1.165, 1.54) is 6.07 Å². The maximum Gasteiger partial charge on any atom is 0.334 e. The summed E-state index contributed by atoms with van der Waals surface area (Å²) in [4.78, 5) is 23.4. The number of rotatable bonds is 6. The minimum absolute atomic E-state index is 0.0382. The number of nitro benzene ring substituents is 1. The number of carboxylic acids is 1. The van der Waals surface area contributed by atoms with Crippen molar-refractivity contribution in [1.29, 1.82) is 0 Å². The van der Waals surface area contributed by atoms with E-state index in [1.54, 1.807) is 25.1 Å². The van der Waals surface area contributed by atoms with Gasteiger partial charge in [-0.1, -0.05) is 53.8 Å². The molecule has 7 heteroatoms. The molecule has 27 heavy (non-hydrogen) atoms. The molecule has 0 aromatic heterocycles. The predicted molar refractivity (Wildman–Crippen MR) is 109 cm³/mol. The molecule has 6 nitrogen and oxygen atoms in total. The molecular weight excluding hydrogens is 363 g/mol. The number of para-hydroxylation sites is 1. The predicted octanol–water partition coefficient (Wildman–Crippen LogP) is 5.17. The molecule has 1 unspecified atom stereocenters. The summed E-state index contributed by atoms with van der Waals surface area (Å²) in [5, 5.41) is 25.8. The van der Waals surface area contributed by atoms with Gasteiger partial charge in [-0.3, -0.25) is 10.1 Å². The van der Waals surface area contributed by atoms with Gasteiger partial charge in [0.25, 0.3) is 5.69 Å². The van der Waals surface area contributed by atoms with Crippen LogP contribution in [0.15, 0.2) is 46.5 Å². The Morgan fingerprint density at radius 2 is 1.70 bits per heavy atom. The van der Waals surface area contributed by atoms with E-state index in [9.17, 15) is 20.0 Å². The highest BCUT2D eigenvalue weighted by Crippen LogP contribution is 2.62.